The molecule has 0 spiro atoms. The van der Waals surface area contributed by atoms with Crippen molar-refractivity contribution in [2.75, 3.05) is 5.09 Å². The van der Waals surface area contributed by atoms with Gasteiger partial charge in [-0.25, -0.2) is 15.6 Å². The quantitative estimate of drug-likeness (QED) is 0.467. The van der Waals surface area contributed by atoms with Gasteiger partial charge in [0.15, 0.2) is 0 Å². The average molecular weight is 266 g/mol. The molecule has 1 rings (SSSR count). The first-order chi connectivity index (χ1) is 7.16. The smallest absolute Gasteiger partial charge is 0.386 e. The highest BCUT2D eigenvalue weighted by molar-refractivity contribution is 7.60. The van der Waals surface area contributed by atoms with E-state index in [0.717, 1.165) is 0 Å². The van der Waals surface area contributed by atoms with Crippen LogP contribution in [0.15, 0.2) is 18.2 Å². The SMILES string of the molecule is NP(N)(=O)Nc1cccc(OP(N)(N)=O)n1. The molecule has 0 radical (unpaired) electrons. The number of hydrogen-bond acceptors (Lipinski definition) is 4. The molecule has 0 aromatic carbocycles. The first-order valence-corrected chi connectivity index (χ1v) is 7.56. The lowest BCUT2D eigenvalue weighted by Crippen LogP contribution is -2.14. The Morgan fingerprint density at radius 1 is 1.19 bits per heavy atom. The van der Waals surface area contributed by atoms with E-state index in [0.29, 0.717) is 0 Å². The van der Waals surface area contributed by atoms with Gasteiger partial charge in [-0.15, -0.1) is 0 Å². The van der Waals surface area contributed by atoms with Crippen molar-refractivity contribution in [3.63, 3.8) is 0 Å². The minimum absolute atomic E-state index is 0.0909. The molecule has 1 aromatic rings. The van der Waals surface area contributed by atoms with Crippen molar-refractivity contribution in [3.8, 4) is 5.88 Å². The molecule has 0 bridgehead atoms. The van der Waals surface area contributed by atoms with E-state index in [2.05, 4.69) is 14.6 Å². The van der Waals surface area contributed by atoms with Crippen molar-refractivity contribution < 1.29 is 13.7 Å². The summed E-state index contributed by atoms with van der Waals surface area (Å²) in [5, 5.41) is 2.26. The minimum atomic E-state index is -3.68. The van der Waals surface area contributed by atoms with Gasteiger partial charge in [0.25, 0.3) is 7.59 Å². The Morgan fingerprint density at radius 3 is 2.31 bits per heavy atom. The molecule has 16 heavy (non-hydrogen) atoms. The molecule has 90 valence electrons. The van der Waals surface area contributed by atoms with E-state index in [4.69, 9.17) is 22.0 Å². The second kappa shape index (κ2) is 4.50. The lowest BCUT2D eigenvalue weighted by molar-refractivity contribution is 0.475. The molecule has 0 aliphatic heterocycles. The fraction of sp³-hybridized carbons (Fsp3) is 0. The van der Waals surface area contributed by atoms with Gasteiger partial charge >= 0.3 is 7.67 Å². The number of rotatable bonds is 4. The van der Waals surface area contributed by atoms with E-state index >= 15 is 0 Å². The standard InChI is InChI=1S/C5H12N6O3P2/c6-15(7,12)11-4-2-1-3-5(10-4)14-16(8,9)13/h1-3H,(H4,8,9,13)(H5,6,7,10,11,12). The molecule has 9 N–H and O–H groups in total. The van der Waals surface area contributed by atoms with Gasteiger partial charge in [-0.3, -0.25) is 20.7 Å². The molecule has 1 heterocycles. The van der Waals surface area contributed by atoms with E-state index in [1.54, 1.807) is 0 Å². The summed E-state index contributed by atoms with van der Waals surface area (Å²) in [6, 6.07) is 4.29. The fourth-order valence-electron chi connectivity index (χ4n) is 0.853. The maximum atomic E-state index is 11.0. The van der Waals surface area contributed by atoms with E-state index in [1.165, 1.54) is 18.2 Å². The van der Waals surface area contributed by atoms with Gasteiger partial charge in [0.2, 0.25) is 5.88 Å². The third-order valence-corrected chi connectivity index (χ3v) is 2.30. The lowest BCUT2D eigenvalue weighted by atomic mass is 10.5. The molecular formula is C5H12N6O3P2. The Hall–Kier alpha value is -0.950. The number of aromatic nitrogens is 1. The first-order valence-electron chi connectivity index (χ1n) is 3.95. The zero-order valence-corrected chi connectivity index (χ0v) is 9.90. The number of nitrogens with one attached hydrogen (secondary N) is 1. The Balaban J connectivity index is 2.88. The molecule has 11 heteroatoms. The molecule has 0 amide bonds. The number of pyridine rings is 1. The monoisotopic (exact) mass is 266 g/mol. The van der Waals surface area contributed by atoms with Crippen molar-refractivity contribution in [2.24, 2.45) is 22.0 Å². The lowest BCUT2D eigenvalue weighted by Gasteiger charge is -2.11. The van der Waals surface area contributed by atoms with Crippen LogP contribution in [0.5, 0.6) is 5.88 Å². The first kappa shape index (κ1) is 13.1. The summed E-state index contributed by atoms with van der Waals surface area (Å²) in [6.07, 6.45) is 0. The van der Waals surface area contributed by atoms with Crippen LogP contribution >= 0.6 is 15.3 Å². The molecule has 0 atom stereocenters. The highest BCUT2D eigenvalue weighted by atomic mass is 31.2. The van der Waals surface area contributed by atoms with Gasteiger partial charge < -0.3 is 4.52 Å². The molecule has 0 fully saturated rings. The molecular weight excluding hydrogens is 254 g/mol. The van der Waals surface area contributed by atoms with Crippen molar-refractivity contribution >= 4 is 21.1 Å². The molecule has 9 nitrogen and oxygen atoms in total. The summed E-state index contributed by atoms with van der Waals surface area (Å²) in [7, 11) is -7.14. The Labute approximate surface area is 91.6 Å². The third-order valence-electron chi connectivity index (χ3n) is 1.25. The van der Waals surface area contributed by atoms with Crippen molar-refractivity contribution in [3.05, 3.63) is 18.2 Å². The molecule has 1 aromatic heterocycles. The van der Waals surface area contributed by atoms with Crippen molar-refractivity contribution in [1.82, 2.24) is 4.98 Å². The zero-order valence-electron chi connectivity index (χ0n) is 8.11. The van der Waals surface area contributed by atoms with Crippen molar-refractivity contribution in [2.45, 2.75) is 0 Å². The summed E-state index contributed by atoms with van der Waals surface area (Å²) < 4.78 is 26.6. The third kappa shape index (κ3) is 5.22. The van der Waals surface area contributed by atoms with E-state index in [1.807, 2.05) is 0 Å². The van der Waals surface area contributed by atoms with Crippen LogP contribution in [-0.4, -0.2) is 4.98 Å². The van der Waals surface area contributed by atoms with Crippen LogP contribution in [0.3, 0.4) is 0 Å². The topological polar surface area (TPSA) is 172 Å². The molecule has 0 saturated heterocycles. The van der Waals surface area contributed by atoms with Crippen molar-refractivity contribution in [1.29, 1.82) is 0 Å². The summed E-state index contributed by atoms with van der Waals surface area (Å²) in [5.41, 5.74) is 20.1. The Kier molecular flexibility index (Phi) is 3.69. The maximum absolute atomic E-state index is 11.0. The number of hydrogen-bond donors (Lipinski definition) is 5. The Morgan fingerprint density at radius 2 is 1.81 bits per heavy atom. The molecule has 0 aliphatic rings. The predicted molar refractivity (Wildman–Crippen MR) is 60.5 cm³/mol. The minimum Gasteiger partial charge on any atom is -0.404 e. The number of nitrogens with zero attached hydrogens (tertiary/aromatic N) is 1. The van der Waals surface area contributed by atoms with Crippen LogP contribution in [0, 0.1) is 0 Å². The average Bonchev–Trinajstić information content (AvgIpc) is 1.96. The van der Waals surface area contributed by atoms with Gasteiger partial charge in [-0.1, -0.05) is 6.07 Å². The summed E-state index contributed by atoms with van der Waals surface area (Å²) in [4.78, 5) is 3.75. The molecule has 0 saturated carbocycles. The van der Waals surface area contributed by atoms with Crippen LogP contribution in [0.25, 0.3) is 0 Å². The highest BCUT2D eigenvalue weighted by Crippen LogP contribution is 2.31. The van der Waals surface area contributed by atoms with E-state index in [-0.39, 0.29) is 11.7 Å². The highest BCUT2D eigenvalue weighted by Gasteiger charge is 2.13. The second-order valence-corrected chi connectivity index (χ2v) is 6.03. The number of nitrogens with two attached hydrogens (primary N) is 4. The van der Waals surface area contributed by atoms with Gasteiger partial charge in [-0.05, 0) is 6.07 Å². The van der Waals surface area contributed by atoms with Gasteiger partial charge in [0.1, 0.15) is 5.82 Å². The van der Waals surface area contributed by atoms with Crippen LogP contribution in [0.2, 0.25) is 0 Å². The number of anilines is 1. The van der Waals surface area contributed by atoms with Gasteiger partial charge in [0.05, 0.1) is 0 Å². The van der Waals surface area contributed by atoms with E-state index in [9.17, 15) is 9.13 Å². The summed E-state index contributed by atoms with van der Waals surface area (Å²) >= 11 is 0. The predicted octanol–water partition coefficient (Wildman–Crippen LogP) is -0.0767. The fourth-order valence-corrected chi connectivity index (χ4v) is 1.73. The molecule has 0 unspecified atom stereocenters. The van der Waals surface area contributed by atoms with E-state index < -0.39 is 15.3 Å². The van der Waals surface area contributed by atoms with Gasteiger partial charge in [0, 0.05) is 6.07 Å². The van der Waals surface area contributed by atoms with Gasteiger partial charge in [-0.2, -0.15) is 4.98 Å². The van der Waals surface area contributed by atoms with Crippen LogP contribution in [-0.2, 0) is 9.13 Å². The van der Waals surface area contributed by atoms with Crippen LogP contribution in [0.1, 0.15) is 0 Å². The normalized spacial score (nSPS) is 12.2. The largest absolute Gasteiger partial charge is 0.404 e. The summed E-state index contributed by atoms with van der Waals surface area (Å²) in [5.74, 6) is 0.00562. The zero-order chi connectivity index (χ0) is 12.4. The molecule has 0 aliphatic carbocycles. The van der Waals surface area contributed by atoms with Crippen LogP contribution < -0.4 is 31.6 Å². The van der Waals surface area contributed by atoms with Crippen LogP contribution in [0.4, 0.5) is 5.82 Å². The second-order valence-electron chi connectivity index (χ2n) is 2.92. The Bertz CT molecular complexity index is 428. The maximum Gasteiger partial charge on any atom is 0.386 e. The summed E-state index contributed by atoms with van der Waals surface area (Å²) in [6.45, 7) is 0.